The van der Waals surface area contributed by atoms with Gasteiger partial charge in [-0.2, -0.15) is 0 Å². The van der Waals surface area contributed by atoms with Crippen LogP contribution in [0.1, 0.15) is 16.8 Å². The number of hydrogen-bond donors (Lipinski definition) is 1. The average Bonchev–Trinajstić information content (AvgIpc) is 2.22. The van der Waals surface area contributed by atoms with E-state index in [9.17, 15) is 0 Å². The summed E-state index contributed by atoms with van der Waals surface area (Å²) < 4.78 is 0. The molecule has 0 unspecified atom stereocenters. The number of hydrogen-bond acceptors (Lipinski definition) is 2. The second-order valence-corrected chi connectivity index (χ2v) is 4.19. The first-order chi connectivity index (χ1) is 7.58. The van der Waals surface area contributed by atoms with Crippen LogP contribution in [-0.4, -0.2) is 4.98 Å². The number of benzene rings is 1. The van der Waals surface area contributed by atoms with E-state index in [0.717, 1.165) is 17.1 Å². The van der Waals surface area contributed by atoms with Crippen molar-refractivity contribution in [2.75, 3.05) is 5.73 Å². The highest BCUT2D eigenvalue weighted by atomic mass is 14.7. The molecule has 0 saturated heterocycles. The van der Waals surface area contributed by atoms with Crippen LogP contribution in [0.15, 0.2) is 30.3 Å². The molecule has 1 heterocycles. The number of anilines is 1. The summed E-state index contributed by atoms with van der Waals surface area (Å²) in [6.45, 7) is 6.14. The van der Waals surface area contributed by atoms with Crippen molar-refractivity contribution in [2.45, 2.75) is 20.8 Å². The van der Waals surface area contributed by atoms with Gasteiger partial charge in [0.2, 0.25) is 0 Å². The molecule has 2 N–H and O–H groups in total. The van der Waals surface area contributed by atoms with E-state index in [1.54, 1.807) is 0 Å². The minimum atomic E-state index is 0.744. The van der Waals surface area contributed by atoms with Crippen LogP contribution in [0.25, 0.3) is 11.3 Å². The van der Waals surface area contributed by atoms with Crippen LogP contribution in [0.5, 0.6) is 0 Å². The second kappa shape index (κ2) is 3.97. The summed E-state index contributed by atoms with van der Waals surface area (Å²) >= 11 is 0. The van der Waals surface area contributed by atoms with Gasteiger partial charge < -0.3 is 5.73 Å². The van der Waals surface area contributed by atoms with Gasteiger partial charge in [-0.1, -0.05) is 23.8 Å². The number of aryl methyl sites for hydroxylation is 3. The number of rotatable bonds is 1. The molecule has 2 heteroatoms. The molecule has 0 atom stereocenters. The molecule has 1 aromatic carbocycles. The van der Waals surface area contributed by atoms with E-state index in [0.29, 0.717) is 0 Å². The Balaban J connectivity index is 2.54. The van der Waals surface area contributed by atoms with Gasteiger partial charge in [0.05, 0.1) is 17.1 Å². The van der Waals surface area contributed by atoms with E-state index in [-0.39, 0.29) is 0 Å². The van der Waals surface area contributed by atoms with Gasteiger partial charge in [-0.05, 0) is 38.5 Å². The lowest BCUT2D eigenvalue weighted by Crippen LogP contribution is -1.95. The topological polar surface area (TPSA) is 38.9 Å². The maximum absolute atomic E-state index is 5.77. The second-order valence-electron chi connectivity index (χ2n) is 4.19. The Kier molecular flexibility index (Phi) is 2.65. The predicted molar refractivity (Wildman–Crippen MR) is 68.3 cm³/mol. The van der Waals surface area contributed by atoms with Gasteiger partial charge in [-0.25, -0.2) is 0 Å². The summed E-state index contributed by atoms with van der Waals surface area (Å²) in [6, 6.07) is 10.3. The smallest absolute Gasteiger partial charge is 0.0709 e. The zero-order chi connectivity index (χ0) is 11.7. The van der Waals surface area contributed by atoms with Crippen LogP contribution in [-0.2, 0) is 0 Å². The number of pyridine rings is 1. The van der Waals surface area contributed by atoms with E-state index in [1.807, 2.05) is 19.1 Å². The molecule has 2 nitrogen and oxygen atoms in total. The lowest BCUT2D eigenvalue weighted by Gasteiger charge is -2.08. The molecule has 0 aliphatic rings. The summed E-state index contributed by atoms with van der Waals surface area (Å²) in [4.78, 5) is 4.51. The van der Waals surface area contributed by atoms with Gasteiger partial charge in [-0.3, -0.25) is 4.98 Å². The van der Waals surface area contributed by atoms with Crippen LogP contribution < -0.4 is 5.73 Å². The van der Waals surface area contributed by atoms with E-state index < -0.39 is 0 Å². The standard InChI is InChI=1S/C14H16N2/c1-9-4-5-12(10(2)8-9)14-7-6-13(15)11(3)16-14/h4-8H,15H2,1-3H3. The van der Waals surface area contributed by atoms with Gasteiger partial charge in [0.25, 0.3) is 0 Å². The lowest BCUT2D eigenvalue weighted by atomic mass is 10.0. The monoisotopic (exact) mass is 212 g/mol. The molecule has 2 rings (SSSR count). The number of aromatic nitrogens is 1. The Hall–Kier alpha value is -1.83. The third-order valence-electron chi connectivity index (χ3n) is 2.78. The third-order valence-corrected chi connectivity index (χ3v) is 2.78. The Morgan fingerprint density at radius 2 is 1.75 bits per heavy atom. The summed E-state index contributed by atoms with van der Waals surface area (Å²) in [5.74, 6) is 0. The van der Waals surface area contributed by atoms with Crippen molar-refractivity contribution in [3.63, 3.8) is 0 Å². The highest BCUT2D eigenvalue weighted by Gasteiger charge is 2.04. The van der Waals surface area contributed by atoms with Crippen molar-refractivity contribution in [2.24, 2.45) is 0 Å². The van der Waals surface area contributed by atoms with Crippen molar-refractivity contribution in [1.82, 2.24) is 4.98 Å². The molecule has 0 fully saturated rings. The van der Waals surface area contributed by atoms with Crippen molar-refractivity contribution in [3.8, 4) is 11.3 Å². The maximum atomic E-state index is 5.77. The third kappa shape index (κ3) is 1.91. The van der Waals surface area contributed by atoms with E-state index in [2.05, 4.69) is 37.0 Å². The van der Waals surface area contributed by atoms with Crippen LogP contribution >= 0.6 is 0 Å². The molecular formula is C14H16N2. The van der Waals surface area contributed by atoms with Gasteiger partial charge >= 0.3 is 0 Å². The molecule has 0 aliphatic heterocycles. The van der Waals surface area contributed by atoms with E-state index in [4.69, 9.17) is 5.73 Å². The van der Waals surface area contributed by atoms with Crippen LogP contribution in [0.4, 0.5) is 5.69 Å². The van der Waals surface area contributed by atoms with Crippen LogP contribution in [0, 0.1) is 20.8 Å². The molecular weight excluding hydrogens is 196 g/mol. The quantitative estimate of drug-likeness (QED) is 0.788. The fourth-order valence-electron chi connectivity index (χ4n) is 1.82. The summed E-state index contributed by atoms with van der Waals surface area (Å²) in [7, 11) is 0. The molecule has 0 amide bonds. The summed E-state index contributed by atoms with van der Waals surface area (Å²) in [6.07, 6.45) is 0. The summed E-state index contributed by atoms with van der Waals surface area (Å²) in [5.41, 5.74) is 12.1. The zero-order valence-electron chi connectivity index (χ0n) is 9.91. The van der Waals surface area contributed by atoms with E-state index in [1.165, 1.54) is 16.7 Å². The molecule has 82 valence electrons. The van der Waals surface area contributed by atoms with Crippen molar-refractivity contribution < 1.29 is 0 Å². The van der Waals surface area contributed by atoms with Gasteiger partial charge in [0, 0.05) is 5.56 Å². The molecule has 0 saturated carbocycles. The predicted octanol–water partition coefficient (Wildman–Crippen LogP) is 3.26. The molecule has 0 aliphatic carbocycles. The fraction of sp³-hybridized carbons (Fsp3) is 0.214. The first-order valence-electron chi connectivity index (χ1n) is 5.38. The first kappa shape index (κ1) is 10.7. The van der Waals surface area contributed by atoms with Gasteiger partial charge in [0.15, 0.2) is 0 Å². The summed E-state index contributed by atoms with van der Waals surface area (Å²) in [5, 5.41) is 0. The van der Waals surface area contributed by atoms with Gasteiger partial charge in [0.1, 0.15) is 0 Å². The van der Waals surface area contributed by atoms with Crippen LogP contribution in [0.2, 0.25) is 0 Å². The number of nitrogens with zero attached hydrogens (tertiary/aromatic N) is 1. The molecule has 0 radical (unpaired) electrons. The average molecular weight is 212 g/mol. The molecule has 1 aromatic heterocycles. The number of nitrogen functional groups attached to an aromatic ring is 1. The number of nitrogens with two attached hydrogens (primary N) is 1. The van der Waals surface area contributed by atoms with E-state index >= 15 is 0 Å². The molecule has 0 spiro atoms. The maximum Gasteiger partial charge on any atom is 0.0709 e. The minimum absolute atomic E-state index is 0.744. The fourth-order valence-corrected chi connectivity index (χ4v) is 1.82. The largest absolute Gasteiger partial charge is 0.397 e. The van der Waals surface area contributed by atoms with Crippen LogP contribution in [0.3, 0.4) is 0 Å². The Bertz CT molecular complexity index is 530. The Morgan fingerprint density at radius 3 is 2.38 bits per heavy atom. The first-order valence-corrected chi connectivity index (χ1v) is 5.38. The molecule has 2 aromatic rings. The Morgan fingerprint density at radius 1 is 1.00 bits per heavy atom. The highest BCUT2D eigenvalue weighted by molar-refractivity contribution is 5.65. The minimum Gasteiger partial charge on any atom is -0.397 e. The molecule has 0 bridgehead atoms. The highest BCUT2D eigenvalue weighted by Crippen LogP contribution is 2.24. The van der Waals surface area contributed by atoms with Gasteiger partial charge in [-0.15, -0.1) is 0 Å². The van der Waals surface area contributed by atoms with Crippen molar-refractivity contribution in [3.05, 3.63) is 47.2 Å². The zero-order valence-corrected chi connectivity index (χ0v) is 9.91. The SMILES string of the molecule is Cc1ccc(-c2ccc(N)c(C)n2)c(C)c1. The molecule has 16 heavy (non-hydrogen) atoms. The Labute approximate surface area is 96.1 Å². The lowest BCUT2D eigenvalue weighted by molar-refractivity contribution is 1.20. The normalized spacial score (nSPS) is 10.4. The van der Waals surface area contributed by atoms with Crippen molar-refractivity contribution >= 4 is 5.69 Å². The van der Waals surface area contributed by atoms with Crippen molar-refractivity contribution in [1.29, 1.82) is 0 Å².